The molecule has 2 heterocycles. The van der Waals surface area contributed by atoms with Gasteiger partial charge in [0.1, 0.15) is 11.4 Å². The minimum absolute atomic E-state index is 0.185. The fraction of sp³-hybridized carbons (Fsp3) is 0.452. The number of fused-ring (bicyclic) bond motifs is 1. The maximum atomic E-state index is 13.1. The second kappa shape index (κ2) is 12.9. The van der Waals surface area contributed by atoms with Gasteiger partial charge in [0.05, 0.1) is 6.10 Å². The predicted molar refractivity (Wildman–Crippen MR) is 151 cm³/mol. The summed E-state index contributed by atoms with van der Waals surface area (Å²) in [5, 5.41) is 1.83. The van der Waals surface area contributed by atoms with Crippen molar-refractivity contribution >= 4 is 23.5 Å². The highest BCUT2D eigenvalue weighted by atomic mass is 19.4. The van der Waals surface area contributed by atoms with Crippen molar-refractivity contribution in [3.8, 4) is 5.75 Å². The van der Waals surface area contributed by atoms with Crippen molar-refractivity contribution in [2.75, 3.05) is 32.7 Å². The highest BCUT2D eigenvalue weighted by Crippen LogP contribution is 2.43. The number of carbonyl (C=O) groups excluding carboxylic acids is 3. The molecule has 0 unspecified atom stereocenters. The maximum absolute atomic E-state index is 13.1. The Labute approximate surface area is 243 Å². The van der Waals surface area contributed by atoms with Crippen molar-refractivity contribution in [3.63, 3.8) is 0 Å². The number of halogens is 3. The topological polar surface area (TPSA) is 88.2 Å². The fourth-order valence-corrected chi connectivity index (χ4v) is 5.15. The molecule has 2 aliphatic heterocycles. The van der Waals surface area contributed by atoms with E-state index in [-0.39, 0.29) is 37.6 Å². The summed E-state index contributed by atoms with van der Waals surface area (Å²) in [6.45, 7) is 6.81. The van der Waals surface area contributed by atoms with Crippen LogP contribution in [0.15, 0.2) is 54.6 Å². The first-order valence-electron chi connectivity index (χ1n) is 14.1. The van der Waals surface area contributed by atoms with Crippen molar-refractivity contribution in [1.29, 1.82) is 0 Å². The number of ether oxygens (including phenoxy) is 2. The molecule has 0 atom stereocenters. The number of nitrogens with zero attached hydrogens (tertiary/aromatic N) is 2. The van der Waals surface area contributed by atoms with Crippen LogP contribution >= 0.6 is 0 Å². The summed E-state index contributed by atoms with van der Waals surface area (Å²) in [6, 6.07) is 15.0. The van der Waals surface area contributed by atoms with Gasteiger partial charge in [-0.05, 0) is 62.6 Å². The van der Waals surface area contributed by atoms with E-state index < -0.39 is 17.7 Å². The number of likely N-dealkylation sites (tertiary alicyclic amines) is 1. The fourth-order valence-electron chi connectivity index (χ4n) is 5.15. The third-order valence-electron chi connectivity index (χ3n) is 7.36. The Morgan fingerprint density at radius 1 is 1.07 bits per heavy atom. The lowest BCUT2D eigenvalue weighted by atomic mass is 9.83. The first-order valence-corrected chi connectivity index (χ1v) is 14.1. The lowest BCUT2D eigenvalue weighted by Crippen LogP contribution is -2.50. The number of para-hydroxylation sites is 1. The van der Waals surface area contributed by atoms with Crippen LogP contribution in [0, 0.1) is 0 Å². The van der Waals surface area contributed by atoms with Crippen LogP contribution in [0.2, 0.25) is 0 Å². The van der Waals surface area contributed by atoms with Gasteiger partial charge in [0.25, 0.3) is 5.91 Å². The molecular formula is C31H36F3N3O5. The summed E-state index contributed by atoms with van der Waals surface area (Å²) in [4.78, 5) is 39.8. The molecule has 1 N–H and O–H groups in total. The minimum atomic E-state index is -4.93. The first-order chi connectivity index (χ1) is 19.9. The molecular weight excluding hydrogens is 551 g/mol. The van der Waals surface area contributed by atoms with Gasteiger partial charge in [0.2, 0.25) is 0 Å². The van der Waals surface area contributed by atoms with Crippen LogP contribution in [0.25, 0.3) is 5.57 Å². The zero-order chi connectivity index (χ0) is 30.5. The van der Waals surface area contributed by atoms with Crippen molar-refractivity contribution < 1.29 is 37.0 Å². The normalized spacial score (nSPS) is 15.9. The van der Waals surface area contributed by atoms with E-state index in [0.29, 0.717) is 38.0 Å². The van der Waals surface area contributed by atoms with Gasteiger partial charge in [-0.3, -0.25) is 9.59 Å². The summed E-state index contributed by atoms with van der Waals surface area (Å²) in [5.74, 6) is -1.48. The molecule has 226 valence electrons. The molecule has 2 aromatic carbocycles. The van der Waals surface area contributed by atoms with Gasteiger partial charge >= 0.3 is 18.2 Å². The molecule has 0 bridgehead atoms. The maximum Gasteiger partial charge on any atom is 0.471 e. The highest BCUT2D eigenvalue weighted by molar-refractivity contribution is 5.95. The Morgan fingerprint density at radius 3 is 2.36 bits per heavy atom. The van der Waals surface area contributed by atoms with Gasteiger partial charge in [0.15, 0.2) is 0 Å². The predicted octanol–water partition coefficient (Wildman–Crippen LogP) is 5.42. The summed E-state index contributed by atoms with van der Waals surface area (Å²) < 4.78 is 49.0. The molecule has 0 saturated carbocycles. The lowest BCUT2D eigenvalue weighted by Gasteiger charge is -2.42. The van der Waals surface area contributed by atoms with E-state index in [1.54, 1.807) is 24.0 Å². The Bertz CT molecular complexity index is 1320. The van der Waals surface area contributed by atoms with Gasteiger partial charge in [-0.15, -0.1) is 0 Å². The summed E-state index contributed by atoms with van der Waals surface area (Å²) in [6.07, 6.45) is -1.94. The average Bonchev–Trinajstić information content (AvgIpc) is 2.96. The zero-order valence-electron chi connectivity index (χ0n) is 24.0. The first kappa shape index (κ1) is 30.9. The molecule has 3 amide bonds. The van der Waals surface area contributed by atoms with Crippen LogP contribution in [0.1, 0.15) is 61.5 Å². The average molecular weight is 588 g/mol. The van der Waals surface area contributed by atoms with Crippen LogP contribution in [-0.2, 0) is 9.53 Å². The summed E-state index contributed by atoms with van der Waals surface area (Å²) in [7, 11) is 0. The van der Waals surface area contributed by atoms with Crippen LogP contribution in [0.5, 0.6) is 5.75 Å². The Kier molecular flexibility index (Phi) is 9.48. The van der Waals surface area contributed by atoms with Crippen LogP contribution in [-0.4, -0.2) is 78.3 Å². The number of hydrogen-bond donors (Lipinski definition) is 1. The monoisotopic (exact) mass is 587 g/mol. The van der Waals surface area contributed by atoms with E-state index in [0.717, 1.165) is 22.4 Å². The van der Waals surface area contributed by atoms with E-state index in [2.05, 4.69) is 6.08 Å². The molecule has 1 spiro atoms. The number of nitrogens with one attached hydrogen (secondary N) is 1. The van der Waals surface area contributed by atoms with Crippen molar-refractivity contribution in [1.82, 2.24) is 15.1 Å². The number of rotatable bonds is 8. The molecule has 0 radical (unpaired) electrons. The number of piperidine rings is 1. The van der Waals surface area contributed by atoms with Gasteiger partial charge < -0.3 is 24.6 Å². The molecule has 1 fully saturated rings. The Morgan fingerprint density at radius 2 is 1.74 bits per heavy atom. The number of amides is 3. The molecule has 8 nitrogen and oxygen atoms in total. The molecule has 2 aromatic rings. The van der Waals surface area contributed by atoms with Gasteiger partial charge in [-0.1, -0.05) is 30.3 Å². The summed E-state index contributed by atoms with van der Waals surface area (Å²) >= 11 is 0. The SMILES string of the molecule is CCN(CCCNC(=O)C(F)(F)F)C(=O)c1ccc(C2=CC3(CCN(C(=O)OC(C)C)CC3)Oc3ccccc32)cc1. The van der Waals surface area contributed by atoms with Crippen LogP contribution in [0.4, 0.5) is 18.0 Å². The molecule has 0 aliphatic carbocycles. The van der Waals surface area contributed by atoms with Gasteiger partial charge in [-0.25, -0.2) is 4.79 Å². The number of carbonyl (C=O) groups is 3. The largest absolute Gasteiger partial charge is 0.482 e. The number of benzene rings is 2. The van der Waals surface area contributed by atoms with Gasteiger partial charge in [-0.2, -0.15) is 13.2 Å². The minimum Gasteiger partial charge on any atom is -0.482 e. The smallest absolute Gasteiger partial charge is 0.471 e. The van der Waals surface area contributed by atoms with E-state index in [1.165, 1.54) is 4.90 Å². The molecule has 11 heteroatoms. The second-order valence-corrected chi connectivity index (χ2v) is 10.7. The Balaban J connectivity index is 1.47. The number of hydrogen-bond acceptors (Lipinski definition) is 5. The van der Waals surface area contributed by atoms with E-state index in [9.17, 15) is 27.6 Å². The number of alkyl halides is 3. The van der Waals surface area contributed by atoms with Crippen LogP contribution in [0.3, 0.4) is 0 Å². The zero-order valence-corrected chi connectivity index (χ0v) is 24.0. The van der Waals surface area contributed by atoms with E-state index >= 15 is 0 Å². The van der Waals surface area contributed by atoms with E-state index in [4.69, 9.17) is 9.47 Å². The quantitative estimate of drug-likeness (QED) is 0.417. The third kappa shape index (κ3) is 7.24. The van der Waals surface area contributed by atoms with Gasteiger partial charge in [0, 0.05) is 56.7 Å². The van der Waals surface area contributed by atoms with Crippen molar-refractivity contribution in [2.24, 2.45) is 0 Å². The lowest BCUT2D eigenvalue weighted by molar-refractivity contribution is -0.173. The molecule has 2 aliphatic rings. The molecule has 0 aromatic heterocycles. The molecule has 42 heavy (non-hydrogen) atoms. The third-order valence-corrected chi connectivity index (χ3v) is 7.36. The van der Waals surface area contributed by atoms with E-state index in [1.807, 2.05) is 55.6 Å². The highest BCUT2D eigenvalue weighted by Gasteiger charge is 2.40. The Hall–Kier alpha value is -4.02. The summed E-state index contributed by atoms with van der Waals surface area (Å²) in [5.41, 5.74) is 2.67. The van der Waals surface area contributed by atoms with Crippen molar-refractivity contribution in [2.45, 2.75) is 57.9 Å². The molecule has 1 saturated heterocycles. The van der Waals surface area contributed by atoms with Crippen LogP contribution < -0.4 is 10.1 Å². The van der Waals surface area contributed by atoms with Crippen molar-refractivity contribution in [3.05, 3.63) is 71.3 Å². The second-order valence-electron chi connectivity index (χ2n) is 10.7. The standard InChI is InChI=1S/C31H36F3N3O5/c1-4-36(17-7-16-35-28(39)31(32,33)34)27(38)23-12-10-22(11-13-23)25-20-30(42-26-9-6-5-8-24(25)26)14-18-37(19-15-30)29(40)41-21(2)3/h5-6,8-13,20-21H,4,7,14-19H2,1-3H3,(H,35,39). The molecule has 4 rings (SSSR count).